The van der Waals surface area contributed by atoms with E-state index in [0.717, 1.165) is 17.2 Å². The molecule has 1 heterocycles. The van der Waals surface area contributed by atoms with Crippen molar-refractivity contribution in [1.82, 2.24) is 5.16 Å². The first-order valence-corrected chi connectivity index (χ1v) is 4.99. The molecular formula is C12H10F3NO. The van der Waals surface area contributed by atoms with E-state index in [1.165, 1.54) is 0 Å². The standard InChI is InChI=1S/C12H10F3NO/c1-7-3-4-9(5-8(7)2)10-6-11(16-17-10)12(13,14)15/h3-6H,1-2H3. The van der Waals surface area contributed by atoms with E-state index < -0.39 is 11.9 Å². The first kappa shape index (κ1) is 11.7. The van der Waals surface area contributed by atoms with E-state index in [1.54, 1.807) is 12.1 Å². The van der Waals surface area contributed by atoms with E-state index in [1.807, 2.05) is 19.9 Å². The van der Waals surface area contributed by atoms with E-state index in [2.05, 4.69) is 5.16 Å². The van der Waals surface area contributed by atoms with Crippen molar-refractivity contribution in [1.29, 1.82) is 0 Å². The Hall–Kier alpha value is -1.78. The van der Waals surface area contributed by atoms with E-state index in [-0.39, 0.29) is 5.76 Å². The molecule has 0 aliphatic heterocycles. The fraction of sp³-hybridized carbons (Fsp3) is 0.250. The minimum Gasteiger partial charge on any atom is -0.356 e. The average molecular weight is 241 g/mol. The molecule has 17 heavy (non-hydrogen) atoms. The molecule has 0 amide bonds. The lowest BCUT2D eigenvalue weighted by Gasteiger charge is -2.01. The molecule has 2 aromatic rings. The Morgan fingerprint density at radius 3 is 2.29 bits per heavy atom. The molecule has 0 unspecified atom stereocenters. The molecule has 0 radical (unpaired) electrons. The quantitative estimate of drug-likeness (QED) is 0.754. The second kappa shape index (κ2) is 3.91. The fourth-order valence-corrected chi connectivity index (χ4v) is 1.44. The molecule has 0 N–H and O–H groups in total. The highest BCUT2D eigenvalue weighted by Crippen LogP contribution is 2.31. The Morgan fingerprint density at radius 2 is 1.76 bits per heavy atom. The van der Waals surface area contributed by atoms with Gasteiger partial charge in [0.05, 0.1) is 0 Å². The van der Waals surface area contributed by atoms with Crippen LogP contribution >= 0.6 is 0 Å². The second-order valence-corrected chi connectivity index (χ2v) is 3.87. The zero-order valence-electron chi connectivity index (χ0n) is 9.30. The van der Waals surface area contributed by atoms with Crippen LogP contribution in [0.15, 0.2) is 28.8 Å². The van der Waals surface area contributed by atoms with Crippen LogP contribution in [-0.4, -0.2) is 5.16 Å². The molecular weight excluding hydrogens is 231 g/mol. The van der Waals surface area contributed by atoms with Gasteiger partial charge in [-0.05, 0) is 31.0 Å². The Kier molecular flexibility index (Phi) is 2.69. The summed E-state index contributed by atoms with van der Waals surface area (Å²) in [5, 5.41) is 3.02. The number of rotatable bonds is 1. The highest BCUT2D eigenvalue weighted by molar-refractivity contribution is 5.59. The summed E-state index contributed by atoms with van der Waals surface area (Å²) in [4.78, 5) is 0. The van der Waals surface area contributed by atoms with Gasteiger partial charge in [-0.15, -0.1) is 0 Å². The Balaban J connectivity index is 2.40. The molecule has 0 bridgehead atoms. The number of alkyl halides is 3. The molecule has 1 aromatic carbocycles. The third-order valence-corrected chi connectivity index (χ3v) is 2.59. The predicted octanol–water partition coefficient (Wildman–Crippen LogP) is 3.98. The largest absolute Gasteiger partial charge is 0.436 e. The lowest BCUT2D eigenvalue weighted by molar-refractivity contribution is -0.142. The smallest absolute Gasteiger partial charge is 0.356 e. The van der Waals surface area contributed by atoms with Crippen molar-refractivity contribution in [2.45, 2.75) is 20.0 Å². The Labute approximate surface area is 96.0 Å². The zero-order valence-corrected chi connectivity index (χ0v) is 9.30. The second-order valence-electron chi connectivity index (χ2n) is 3.87. The van der Waals surface area contributed by atoms with Crippen molar-refractivity contribution in [2.75, 3.05) is 0 Å². The summed E-state index contributed by atoms with van der Waals surface area (Å²) < 4.78 is 41.7. The molecule has 1 aromatic heterocycles. The molecule has 0 saturated carbocycles. The SMILES string of the molecule is Cc1ccc(-c2cc(C(F)(F)F)no2)cc1C. The molecule has 5 heteroatoms. The molecule has 0 spiro atoms. The average Bonchev–Trinajstić information content (AvgIpc) is 2.70. The highest BCUT2D eigenvalue weighted by Gasteiger charge is 2.35. The van der Waals surface area contributed by atoms with Crippen molar-refractivity contribution in [2.24, 2.45) is 0 Å². The summed E-state index contributed by atoms with van der Waals surface area (Å²) in [5.74, 6) is 0.125. The van der Waals surface area contributed by atoms with Crippen molar-refractivity contribution in [3.05, 3.63) is 41.1 Å². The van der Waals surface area contributed by atoms with Crippen LogP contribution in [0.25, 0.3) is 11.3 Å². The molecule has 90 valence electrons. The summed E-state index contributed by atoms with van der Waals surface area (Å²) in [5.41, 5.74) is 1.65. The Bertz CT molecular complexity index is 543. The van der Waals surface area contributed by atoms with Gasteiger partial charge < -0.3 is 4.52 Å². The summed E-state index contributed by atoms with van der Waals surface area (Å²) in [6.45, 7) is 3.82. The van der Waals surface area contributed by atoms with Crippen LogP contribution in [0.3, 0.4) is 0 Å². The van der Waals surface area contributed by atoms with Crippen LogP contribution in [0.5, 0.6) is 0 Å². The number of aryl methyl sites for hydroxylation is 2. The number of hydrogen-bond acceptors (Lipinski definition) is 2. The first-order valence-electron chi connectivity index (χ1n) is 4.99. The van der Waals surface area contributed by atoms with Gasteiger partial charge in [0.2, 0.25) is 0 Å². The number of halogens is 3. The maximum atomic E-state index is 12.3. The van der Waals surface area contributed by atoms with Gasteiger partial charge in [0.1, 0.15) is 0 Å². The fourth-order valence-electron chi connectivity index (χ4n) is 1.44. The number of nitrogens with zero attached hydrogens (tertiary/aromatic N) is 1. The lowest BCUT2D eigenvalue weighted by Crippen LogP contribution is -2.04. The van der Waals surface area contributed by atoms with Crippen molar-refractivity contribution >= 4 is 0 Å². The van der Waals surface area contributed by atoms with Crippen LogP contribution in [0.1, 0.15) is 16.8 Å². The van der Waals surface area contributed by atoms with Gasteiger partial charge in [0, 0.05) is 11.6 Å². The van der Waals surface area contributed by atoms with Crippen LogP contribution in [-0.2, 0) is 6.18 Å². The minimum atomic E-state index is -4.47. The van der Waals surface area contributed by atoms with Crippen molar-refractivity contribution in [3.8, 4) is 11.3 Å². The predicted molar refractivity (Wildman–Crippen MR) is 56.4 cm³/mol. The number of aromatic nitrogens is 1. The lowest BCUT2D eigenvalue weighted by atomic mass is 10.0. The maximum absolute atomic E-state index is 12.3. The molecule has 0 aliphatic carbocycles. The van der Waals surface area contributed by atoms with E-state index in [0.29, 0.717) is 5.56 Å². The van der Waals surface area contributed by atoms with Crippen LogP contribution < -0.4 is 0 Å². The van der Waals surface area contributed by atoms with Gasteiger partial charge >= 0.3 is 6.18 Å². The molecule has 0 saturated heterocycles. The summed E-state index contributed by atoms with van der Waals surface area (Å²) in [7, 11) is 0. The Morgan fingerprint density at radius 1 is 1.06 bits per heavy atom. The molecule has 2 nitrogen and oxygen atoms in total. The topological polar surface area (TPSA) is 26.0 Å². The maximum Gasteiger partial charge on any atom is 0.436 e. The van der Waals surface area contributed by atoms with Gasteiger partial charge in [0.15, 0.2) is 11.5 Å². The molecule has 0 aliphatic rings. The van der Waals surface area contributed by atoms with E-state index in [9.17, 15) is 13.2 Å². The zero-order chi connectivity index (χ0) is 12.6. The highest BCUT2D eigenvalue weighted by atomic mass is 19.4. The molecule has 2 rings (SSSR count). The van der Waals surface area contributed by atoms with Crippen LogP contribution in [0, 0.1) is 13.8 Å². The van der Waals surface area contributed by atoms with Gasteiger partial charge in [-0.2, -0.15) is 13.2 Å². The third-order valence-electron chi connectivity index (χ3n) is 2.59. The first-order chi connectivity index (χ1) is 7.88. The van der Waals surface area contributed by atoms with Crippen LogP contribution in [0.2, 0.25) is 0 Å². The minimum absolute atomic E-state index is 0.125. The normalized spacial score (nSPS) is 11.8. The van der Waals surface area contributed by atoms with Crippen molar-refractivity contribution < 1.29 is 17.7 Å². The van der Waals surface area contributed by atoms with Gasteiger partial charge in [0.25, 0.3) is 0 Å². The van der Waals surface area contributed by atoms with E-state index >= 15 is 0 Å². The number of hydrogen-bond donors (Lipinski definition) is 0. The van der Waals surface area contributed by atoms with Gasteiger partial charge in [-0.3, -0.25) is 0 Å². The summed E-state index contributed by atoms with van der Waals surface area (Å²) >= 11 is 0. The summed E-state index contributed by atoms with van der Waals surface area (Å²) in [6.07, 6.45) is -4.47. The van der Waals surface area contributed by atoms with Crippen LogP contribution in [0.4, 0.5) is 13.2 Å². The molecule has 0 fully saturated rings. The number of benzene rings is 1. The van der Waals surface area contributed by atoms with E-state index in [4.69, 9.17) is 4.52 Å². The third kappa shape index (κ3) is 2.33. The van der Waals surface area contributed by atoms with Gasteiger partial charge in [-0.25, -0.2) is 0 Å². The summed E-state index contributed by atoms with van der Waals surface area (Å²) in [6, 6.07) is 6.23. The van der Waals surface area contributed by atoms with Gasteiger partial charge in [-0.1, -0.05) is 17.3 Å². The molecule has 0 atom stereocenters. The van der Waals surface area contributed by atoms with Crippen molar-refractivity contribution in [3.63, 3.8) is 0 Å². The monoisotopic (exact) mass is 241 g/mol.